The maximum absolute atomic E-state index is 12.3. The summed E-state index contributed by atoms with van der Waals surface area (Å²) in [7, 11) is 1.52. The second kappa shape index (κ2) is 5.52. The Balaban J connectivity index is 2.14. The Morgan fingerprint density at radius 3 is 2.89 bits per heavy atom. The number of hydrogen-bond donors (Lipinski definition) is 1. The van der Waals surface area contributed by atoms with Gasteiger partial charge in [0.1, 0.15) is 5.69 Å². The van der Waals surface area contributed by atoms with E-state index in [4.69, 9.17) is 0 Å². The molecular weight excluding hydrogens is 246 g/mol. The predicted octanol–water partition coefficient (Wildman–Crippen LogP) is 0.0133. The molecule has 0 aliphatic carbocycles. The van der Waals surface area contributed by atoms with Gasteiger partial charge in [0.25, 0.3) is 11.5 Å². The highest BCUT2D eigenvalue weighted by molar-refractivity contribution is 5.92. The average molecular weight is 265 g/mol. The fourth-order valence-corrected chi connectivity index (χ4v) is 2.37. The van der Waals surface area contributed by atoms with E-state index in [2.05, 4.69) is 5.10 Å². The first-order valence-corrected chi connectivity index (χ1v) is 6.50. The number of carbonyl (C=O) groups is 1. The van der Waals surface area contributed by atoms with Crippen molar-refractivity contribution in [2.75, 3.05) is 13.1 Å². The third-order valence-corrected chi connectivity index (χ3v) is 3.61. The second-order valence-electron chi connectivity index (χ2n) is 5.07. The molecule has 104 valence electrons. The van der Waals surface area contributed by atoms with Crippen molar-refractivity contribution < 1.29 is 9.90 Å². The molecular formula is C13H19N3O3. The monoisotopic (exact) mass is 265 g/mol. The summed E-state index contributed by atoms with van der Waals surface area (Å²) in [6.07, 6.45) is 1.40. The summed E-state index contributed by atoms with van der Waals surface area (Å²) in [6, 6.07) is 2.80. The number of hydrogen-bond acceptors (Lipinski definition) is 4. The molecule has 0 saturated carbocycles. The van der Waals surface area contributed by atoms with Gasteiger partial charge in [0.05, 0.1) is 6.10 Å². The van der Waals surface area contributed by atoms with E-state index in [-0.39, 0.29) is 23.1 Å². The van der Waals surface area contributed by atoms with Crippen molar-refractivity contribution in [2.24, 2.45) is 13.0 Å². The highest BCUT2D eigenvalue weighted by Gasteiger charge is 2.27. The Labute approximate surface area is 111 Å². The SMILES string of the molecule is CC(O)C1CCCN(C(=O)c2ccc(=O)n(C)n2)C1. The molecule has 6 nitrogen and oxygen atoms in total. The molecule has 0 bridgehead atoms. The third kappa shape index (κ3) is 3.01. The molecule has 1 amide bonds. The Bertz CT molecular complexity index is 524. The molecule has 0 spiro atoms. The van der Waals surface area contributed by atoms with Gasteiger partial charge in [-0.2, -0.15) is 5.10 Å². The van der Waals surface area contributed by atoms with Gasteiger partial charge in [-0.3, -0.25) is 9.59 Å². The quantitative estimate of drug-likeness (QED) is 0.817. The number of likely N-dealkylation sites (tertiary alicyclic amines) is 1. The minimum Gasteiger partial charge on any atom is -0.393 e. The summed E-state index contributed by atoms with van der Waals surface area (Å²) in [6.45, 7) is 2.97. The van der Waals surface area contributed by atoms with Crippen LogP contribution in [0.5, 0.6) is 0 Å². The number of nitrogens with zero attached hydrogens (tertiary/aromatic N) is 3. The smallest absolute Gasteiger partial charge is 0.274 e. The van der Waals surface area contributed by atoms with Gasteiger partial charge in [0.15, 0.2) is 0 Å². The molecule has 1 saturated heterocycles. The fraction of sp³-hybridized carbons (Fsp3) is 0.615. The van der Waals surface area contributed by atoms with E-state index in [1.807, 2.05) is 0 Å². The molecule has 2 atom stereocenters. The predicted molar refractivity (Wildman–Crippen MR) is 69.8 cm³/mol. The second-order valence-corrected chi connectivity index (χ2v) is 5.07. The molecule has 6 heteroatoms. The zero-order valence-corrected chi connectivity index (χ0v) is 11.2. The largest absolute Gasteiger partial charge is 0.393 e. The van der Waals surface area contributed by atoms with E-state index in [0.717, 1.165) is 17.5 Å². The first kappa shape index (κ1) is 13.7. The van der Waals surface area contributed by atoms with Crippen LogP contribution in [0, 0.1) is 5.92 Å². The van der Waals surface area contributed by atoms with Crippen molar-refractivity contribution in [3.63, 3.8) is 0 Å². The van der Waals surface area contributed by atoms with Gasteiger partial charge in [-0.15, -0.1) is 0 Å². The first-order valence-electron chi connectivity index (χ1n) is 6.50. The van der Waals surface area contributed by atoms with Gasteiger partial charge in [-0.25, -0.2) is 4.68 Å². The van der Waals surface area contributed by atoms with Crippen LogP contribution in [-0.4, -0.2) is 44.9 Å². The Morgan fingerprint density at radius 2 is 2.26 bits per heavy atom. The maximum atomic E-state index is 12.3. The van der Waals surface area contributed by atoms with Gasteiger partial charge in [0.2, 0.25) is 0 Å². The summed E-state index contributed by atoms with van der Waals surface area (Å²) >= 11 is 0. The molecule has 2 unspecified atom stereocenters. The number of aryl methyl sites for hydroxylation is 1. The lowest BCUT2D eigenvalue weighted by Gasteiger charge is -2.33. The summed E-state index contributed by atoms with van der Waals surface area (Å²) < 4.78 is 1.16. The van der Waals surface area contributed by atoms with Gasteiger partial charge >= 0.3 is 0 Å². The van der Waals surface area contributed by atoms with Crippen LogP contribution in [0.4, 0.5) is 0 Å². The molecule has 0 radical (unpaired) electrons. The van der Waals surface area contributed by atoms with Gasteiger partial charge in [-0.05, 0) is 25.8 Å². The van der Waals surface area contributed by atoms with Crippen LogP contribution < -0.4 is 5.56 Å². The van der Waals surface area contributed by atoms with Crippen LogP contribution in [0.2, 0.25) is 0 Å². The van der Waals surface area contributed by atoms with E-state index in [1.165, 1.54) is 19.2 Å². The van der Waals surface area contributed by atoms with Crippen molar-refractivity contribution >= 4 is 5.91 Å². The minimum atomic E-state index is -0.413. The van der Waals surface area contributed by atoms with Crippen LogP contribution in [-0.2, 0) is 7.05 Å². The van der Waals surface area contributed by atoms with Crippen molar-refractivity contribution in [3.05, 3.63) is 28.2 Å². The van der Waals surface area contributed by atoms with Crippen LogP contribution in [0.3, 0.4) is 0 Å². The Morgan fingerprint density at radius 1 is 1.53 bits per heavy atom. The van der Waals surface area contributed by atoms with Crippen molar-refractivity contribution in [3.8, 4) is 0 Å². The Kier molecular flexibility index (Phi) is 3.99. The van der Waals surface area contributed by atoms with Crippen LogP contribution in [0.15, 0.2) is 16.9 Å². The summed E-state index contributed by atoms with van der Waals surface area (Å²) in [5, 5.41) is 13.6. The lowest BCUT2D eigenvalue weighted by atomic mass is 9.93. The summed E-state index contributed by atoms with van der Waals surface area (Å²) in [5.41, 5.74) is 0.0328. The number of carbonyl (C=O) groups excluding carboxylic acids is 1. The molecule has 1 aromatic rings. The van der Waals surface area contributed by atoms with Crippen molar-refractivity contribution in [1.82, 2.24) is 14.7 Å². The van der Waals surface area contributed by atoms with Crippen molar-refractivity contribution in [2.45, 2.75) is 25.9 Å². The molecule has 1 fully saturated rings. The van der Waals surface area contributed by atoms with E-state index in [9.17, 15) is 14.7 Å². The normalized spacial score (nSPS) is 21.2. The fourth-order valence-electron chi connectivity index (χ4n) is 2.37. The maximum Gasteiger partial charge on any atom is 0.274 e. The molecule has 1 aromatic heterocycles. The molecule has 2 rings (SSSR count). The third-order valence-electron chi connectivity index (χ3n) is 3.61. The Hall–Kier alpha value is -1.69. The number of aliphatic hydroxyl groups is 1. The molecule has 2 heterocycles. The number of rotatable bonds is 2. The molecule has 1 aliphatic rings. The first-order chi connectivity index (χ1) is 8.99. The highest BCUT2D eigenvalue weighted by Crippen LogP contribution is 2.20. The molecule has 19 heavy (non-hydrogen) atoms. The topological polar surface area (TPSA) is 75.4 Å². The summed E-state index contributed by atoms with van der Waals surface area (Å²) in [5.74, 6) is -0.0637. The van der Waals surface area contributed by atoms with E-state index >= 15 is 0 Å². The lowest BCUT2D eigenvalue weighted by Crippen LogP contribution is -2.43. The highest BCUT2D eigenvalue weighted by atomic mass is 16.3. The number of amides is 1. The van der Waals surface area contributed by atoms with E-state index in [1.54, 1.807) is 11.8 Å². The lowest BCUT2D eigenvalue weighted by molar-refractivity contribution is 0.0460. The molecule has 1 aliphatic heterocycles. The van der Waals surface area contributed by atoms with Gasteiger partial charge in [0, 0.05) is 32.1 Å². The minimum absolute atomic E-state index is 0.116. The zero-order chi connectivity index (χ0) is 14.0. The van der Waals surface area contributed by atoms with Gasteiger partial charge in [-0.1, -0.05) is 0 Å². The number of aliphatic hydroxyl groups excluding tert-OH is 1. The standard InChI is InChI=1S/C13H19N3O3/c1-9(17)10-4-3-7-16(8-10)13(19)11-5-6-12(18)15(2)14-11/h5-6,9-10,17H,3-4,7-8H2,1-2H3. The van der Waals surface area contributed by atoms with Gasteiger partial charge < -0.3 is 10.0 Å². The molecule has 0 aromatic carbocycles. The zero-order valence-electron chi connectivity index (χ0n) is 11.2. The van der Waals surface area contributed by atoms with E-state index in [0.29, 0.717) is 13.1 Å². The van der Waals surface area contributed by atoms with Crippen LogP contribution >= 0.6 is 0 Å². The number of aromatic nitrogens is 2. The number of piperidine rings is 1. The molecule has 1 N–H and O–H groups in total. The van der Waals surface area contributed by atoms with E-state index < -0.39 is 6.10 Å². The van der Waals surface area contributed by atoms with Crippen molar-refractivity contribution in [1.29, 1.82) is 0 Å². The van der Waals surface area contributed by atoms with Crippen LogP contribution in [0.25, 0.3) is 0 Å². The van der Waals surface area contributed by atoms with Crippen LogP contribution in [0.1, 0.15) is 30.3 Å². The average Bonchev–Trinajstić information content (AvgIpc) is 2.41. The summed E-state index contributed by atoms with van der Waals surface area (Å²) in [4.78, 5) is 25.3.